The van der Waals surface area contributed by atoms with Crippen LogP contribution in [0.3, 0.4) is 0 Å². The van der Waals surface area contributed by atoms with E-state index in [2.05, 4.69) is 4.98 Å². The lowest BCUT2D eigenvalue weighted by molar-refractivity contribution is -0.131. The van der Waals surface area contributed by atoms with Crippen LogP contribution in [0.15, 0.2) is 35.6 Å². The molecule has 0 saturated heterocycles. The fourth-order valence-corrected chi connectivity index (χ4v) is 5.77. The third-order valence-electron chi connectivity index (χ3n) is 6.49. The topological polar surface area (TPSA) is 68.7 Å². The Morgan fingerprint density at radius 2 is 1.90 bits per heavy atom. The van der Waals surface area contributed by atoms with Gasteiger partial charge >= 0.3 is 0 Å². The van der Waals surface area contributed by atoms with Gasteiger partial charge in [0.2, 0.25) is 0 Å². The van der Waals surface area contributed by atoms with Crippen LogP contribution in [0.2, 0.25) is 0 Å². The maximum absolute atomic E-state index is 13.6. The maximum atomic E-state index is 13.6. The molecule has 7 heteroatoms. The number of thiazole rings is 1. The number of nitrogens with zero attached hydrogens (tertiary/aromatic N) is 2. The Hall–Kier alpha value is -2.67. The molecule has 1 amide bonds. The van der Waals surface area contributed by atoms with Crippen molar-refractivity contribution in [3.8, 4) is 5.75 Å². The number of ether oxygens (including phenoxy) is 2. The minimum Gasteiger partial charge on any atom is -0.494 e. The molecule has 0 bridgehead atoms. The van der Waals surface area contributed by atoms with Gasteiger partial charge in [-0.15, -0.1) is 11.3 Å². The van der Waals surface area contributed by atoms with Crippen LogP contribution in [0.25, 0.3) is 0 Å². The molecular weight excluding hydrogens is 412 g/mol. The predicted octanol–water partition coefficient (Wildman–Crippen LogP) is 4.66. The minimum absolute atomic E-state index is 0.0608. The Balaban J connectivity index is 1.62. The van der Waals surface area contributed by atoms with E-state index >= 15 is 0 Å². The van der Waals surface area contributed by atoms with Gasteiger partial charge in [0.25, 0.3) is 5.91 Å². The van der Waals surface area contributed by atoms with Crippen LogP contribution in [0.4, 0.5) is 5.13 Å². The molecule has 2 aliphatic heterocycles. The molecule has 3 heterocycles. The van der Waals surface area contributed by atoms with Crippen molar-refractivity contribution in [2.45, 2.75) is 58.6 Å². The lowest BCUT2D eigenvalue weighted by atomic mass is 9.77. The standard InChI is InChI=1S/C24H26N2O4S/c1-4-29-16-11-9-15(10-12-16)20-19-21(27)17-7-5-6-8-18(17)30-22(19)23(28)26(20)24-25-13(2)14(3)31-24/h9-12,17-18,20H,4-8H2,1-3H3. The van der Waals surface area contributed by atoms with E-state index in [1.54, 1.807) is 4.90 Å². The number of hydrogen-bond donors (Lipinski definition) is 0. The summed E-state index contributed by atoms with van der Waals surface area (Å²) in [5, 5.41) is 0.604. The molecule has 1 fully saturated rings. The number of aryl methyl sites for hydroxylation is 2. The normalized spacial score (nSPS) is 25.4. The smallest absolute Gasteiger partial charge is 0.296 e. The van der Waals surface area contributed by atoms with E-state index in [0.717, 1.165) is 47.6 Å². The molecule has 0 radical (unpaired) electrons. The van der Waals surface area contributed by atoms with Crippen molar-refractivity contribution >= 4 is 28.2 Å². The molecule has 1 aromatic carbocycles. The number of benzene rings is 1. The van der Waals surface area contributed by atoms with Crippen LogP contribution >= 0.6 is 11.3 Å². The summed E-state index contributed by atoms with van der Waals surface area (Å²) in [5.74, 6) is 0.615. The average Bonchev–Trinajstić information content (AvgIpc) is 3.25. The number of aromatic nitrogens is 1. The zero-order chi connectivity index (χ0) is 21.7. The van der Waals surface area contributed by atoms with Crippen LogP contribution in [0, 0.1) is 19.8 Å². The molecule has 162 valence electrons. The van der Waals surface area contributed by atoms with Crippen molar-refractivity contribution in [1.29, 1.82) is 0 Å². The molecule has 0 spiro atoms. The van der Waals surface area contributed by atoms with Gasteiger partial charge in [0, 0.05) is 4.88 Å². The zero-order valence-electron chi connectivity index (χ0n) is 18.0. The predicted molar refractivity (Wildman–Crippen MR) is 118 cm³/mol. The summed E-state index contributed by atoms with van der Waals surface area (Å²) in [6, 6.07) is 7.10. The van der Waals surface area contributed by atoms with E-state index in [9.17, 15) is 9.59 Å². The molecule has 6 nitrogen and oxygen atoms in total. The van der Waals surface area contributed by atoms with Crippen LogP contribution in [0.1, 0.15) is 54.8 Å². The fraction of sp³-hybridized carbons (Fsp3) is 0.458. The molecule has 1 saturated carbocycles. The lowest BCUT2D eigenvalue weighted by Crippen LogP contribution is -2.39. The Labute approximate surface area is 185 Å². The van der Waals surface area contributed by atoms with E-state index < -0.39 is 6.04 Å². The van der Waals surface area contributed by atoms with Gasteiger partial charge in [-0.2, -0.15) is 0 Å². The molecule has 2 aromatic rings. The van der Waals surface area contributed by atoms with Crippen molar-refractivity contribution in [2.24, 2.45) is 5.92 Å². The minimum atomic E-state index is -0.529. The van der Waals surface area contributed by atoms with Gasteiger partial charge in [-0.1, -0.05) is 18.6 Å². The van der Waals surface area contributed by atoms with E-state index in [1.807, 2.05) is 45.0 Å². The zero-order valence-corrected chi connectivity index (χ0v) is 18.8. The van der Waals surface area contributed by atoms with Crippen LogP contribution in [-0.4, -0.2) is 29.4 Å². The Morgan fingerprint density at radius 1 is 1.16 bits per heavy atom. The maximum Gasteiger partial charge on any atom is 0.296 e. The first-order valence-electron chi connectivity index (χ1n) is 10.9. The SMILES string of the molecule is CCOc1ccc(C2C3=C(OC4CCCCC4C3=O)C(=O)N2c2nc(C)c(C)s2)cc1. The summed E-state index contributed by atoms with van der Waals surface area (Å²) in [6.07, 6.45) is 3.51. The number of ketones is 1. The molecular formula is C24H26N2O4S. The summed E-state index contributed by atoms with van der Waals surface area (Å²) in [7, 11) is 0. The van der Waals surface area contributed by atoms with E-state index in [1.165, 1.54) is 11.3 Å². The van der Waals surface area contributed by atoms with Gasteiger partial charge < -0.3 is 9.47 Å². The van der Waals surface area contributed by atoms with Gasteiger partial charge in [-0.25, -0.2) is 4.98 Å². The van der Waals surface area contributed by atoms with Crippen molar-refractivity contribution in [3.05, 3.63) is 51.7 Å². The second-order valence-electron chi connectivity index (χ2n) is 8.37. The highest BCUT2D eigenvalue weighted by Gasteiger charge is 2.53. The number of anilines is 1. The fourth-order valence-electron chi connectivity index (χ4n) is 4.83. The molecule has 3 atom stereocenters. The van der Waals surface area contributed by atoms with Gasteiger partial charge in [0.05, 0.1) is 29.8 Å². The first-order chi connectivity index (χ1) is 15.0. The van der Waals surface area contributed by atoms with E-state index in [4.69, 9.17) is 9.47 Å². The highest BCUT2D eigenvalue weighted by molar-refractivity contribution is 7.15. The summed E-state index contributed by atoms with van der Waals surface area (Å²) in [5.41, 5.74) is 2.24. The molecule has 1 aromatic heterocycles. The first-order valence-corrected chi connectivity index (χ1v) is 11.8. The van der Waals surface area contributed by atoms with Crippen molar-refractivity contribution in [2.75, 3.05) is 11.5 Å². The van der Waals surface area contributed by atoms with Gasteiger partial charge in [0.15, 0.2) is 16.7 Å². The Kier molecular flexibility index (Phi) is 5.08. The lowest BCUT2D eigenvalue weighted by Gasteiger charge is -2.35. The number of Topliss-reactive ketones (excluding diaryl/α,β-unsaturated/α-hetero) is 1. The number of hydrogen-bond acceptors (Lipinski definition) is 6. The highest BCUT2D eigenvalue weighted by Crippen LogP contribution is 2.49. The highest BCUT2D eigenvalue weighted by atomic mass is 32.1. The molecule has 31 heavy (non-hydrogen) atoms. The Morgan fingerprint density at radius 3 is 2.58 bits per heavy atom. The largest absolute Gasteiger partial charge is 0.494 e. The number of rotatable bonds is 4. The molecule has 1 aliphatic carbocycles. The average molecular weight is 439 g/mol. The van der Waals surface area contributed by atoms with Crippen molar-refractivity contribution in [3.63, 3.8) is 0 Å². The van der Waals surface area contributed by atoms with E-state index in [-0.39, 0.29) is 29.5 Å². The molecule has 0 N–H and O–H groups in total. The third-order valence-corrected chi connectivity index (χ3v) is 7.57. The van der Waals surface area contributed by atoms with Crippen LogP contribution in [-0.2, 0) is 14.3 Å². The Bertz CT molecular complexity index is 1050. The monoisotopic (exact) mass is 438 g/mol. The van der Waals surface area contributed by atoms with Gasteiger partial charge in [-0.3, -0.25) is 14.5 Å². The summed E-state index contributed by atoms with van der Waals surface area (Å²) < 4.78 is 11.8. The second kappa shape index (κ2) is 7.79. The van der Waals surface area contributed by atoms with Crippen LogP contribution < -0.4 is 9.64 Å². The van der Waals surface area contributed by atoms with Crippen LogP contribution in [0.5, 0.6) is 5.75 Å². The quantitative estimate of drug-likeness (QED) is 0.695. The summed E-state index contributed by atoms with van der Waals surface area (Å²) in [4.78, 5) is 34.5. The third kappa shape index (κ3) is 3.26. The number of carbonyl (C=O) groups excluding carboxylic acids is 2. The number of fused-ring (bicyclic) bond motifs is 1. The summed E-state index contributed by atoms with van der Waals surface area (Å²) >= 11 is 1.47. The van der Waals surface area contributed by atoms with Crippen molar-refractivity contribution < 1.29 is 19.1 Å². The number of carbonyl (C=O) groups is 2. The number of amides is 1. The molecule has 3 aliphatic rings. The summed E-state index contributed by atoms with van der Waals surface area (Å²) in [6.45, 7) is 6.45. The van der Waals surface area contributed by atoms with Gasteiger partial charge in [0.1, 0.15) is 11.9 Å². The first kappa shape index (κ1) is 20.2. The van der Waals surface area contributed by atoms with E-state index in [0.29, 0.717) is 17.3 Å². The van der Waals surface area contributed by atoms with Crippen molar-refractivity contribution in [1.82, 2.24) is 4.98 Å². The van der Waals surface area contributed by atoms with Gasteiger partial charge in [-0.05, 0) is 57.7 Å². The second-order valence-corrected chi connectivity index (χ2v) is 9.55. The molecule has 5 rings (SSSR count). The molecule has 3 unspecified atom stereocenters.